The SMILES string of the molecule is O=C(c1ccc2c(c1)N(Cc1ccc(Cl)cc1)C(=O)c1ccccc1[S@@]2=O)N(C[C@@H]1CC=CCC1)C[C@@H]1CCCO1. The van der Waals surface area contributed by atoms with Gasteiger partial charge in [-0.25, -0.2) is 4.21 Å². The highest BCUT2D eigenvalue weighted by atomic mass is 35.5. The topological polar surface area (TPSA) is 66.9 Å². The average molecular weight is 589 g/mol. The van der Waals surface area contributed by atoms with Gasteiger partial charge in [-0.3, -0.25) is 9.59 Å². The number of halogens is 1. The van der Waals surface area contributed by atoms with Crippen LogP contribution in [-0.4, -0.2) is 46.7 Å². The monoisotopic (exact) mass is 588 g/mol. The van der Waals surface area contributed by atoms with Crippen molar-refractivity contribution in [2.45, 2.75) is 54.5 Å². The zero-order valence-electron chi connectivity index (χ0n) is 22.8. The van der Waals surface area contributed by atoms with E-state index in [1.807, 2.05) is 17.0 Å². The number of rotatable bonds is 7. The van der Waals surface area contributed by atoms with E-state index in [1.165, 1.54) is 0 Å². The quantitative estimate of drug-likeness (QED) is 0.290. The summed E-state index contributed by atoms with van der Waals surface area (Å²) in [4.78, 5) is 32.6. The fourth-order valence-electron chi connectivity index (χ4n) is 5.92. The van der Waals surface area contributed by atoms with Gasteiger partial charge >= 0.3 is 0 Å². The molecule has 3 aromatic rings. The third-order valence-corrected chi connectivity index (χ3v) is 9.86. The van der Waals surface area contributed by atoms with E-state index in [9.17, 15) is 13.8 Å². The Morgan fingerprint density at radius 3 is 2.59 bits per heavy atom. The standard InChI is InChI=1S/C33H33ClN2O4S/c34-26-15-12-24(13-16-26)21-36-29-19-25(14-17-31(29)41(39)30-11-5-4-10-28(30)33(36)38)32(37)35(22-27-9-6-18-40-27)20-23-7-2-1-3-8-23/h1-2,4-5,10-17,19,23,27H,3,6-9,18,20-22H2/t23-,27+,41+/m1/s1. The summed E-state index contributed by atoms with van der Waals surface area (Å²) in [6.07, 6.45) is 9.43. The van der Waals surface area contributed by atoms with Gasteiger partial charge in [0.05, 0.1) is 44.5 Å². The maximum atomic E-state index is 14.1. The lowest BCUT2D eigenvalue weighted by Crippen LogP contribution is -2.41. The molecule has 0 radical (unpaired) electrons. The number of hydrogen-bond acceptors (Lipinski definition) is 4. The normalized spacial score (nSPS) is 21.7. The number of allylic oxidation sites excluding steroid dienone is 2. The van der Waals surface area contributed by atoms with Crippen molar-refractivity contribution in [3.05, 3.63) is 101 Å². The minimum absolute atomic E-state index is 0.0314. The third kappa shape index (κ3) is 6.03. The molecule has 2 amide bonds. The van der Waals surface area contributed by atoms with Gasteiger partial charge in [-0.15, -0.1) is 0 Å². The average Bonchev–Trinajstić information content (AvgIpc) is 3.50. The van der Waals surface area contributed by atoms with Crippen LogP contribution in [0.25, 0.3) is 0 Å². The van der Waals surface area contributed by atoms with E-state index >= 15 is 0 Å². The molecule has 3 aliphatic rings. The predicted molar refractivity (Wildman–Crippen MR) is 161 cm³/mol. The van der Waals surface area contributed by atoms with Crippen molar-refractivity contribution in [1.29, 1.82) is 0 Å². The maximum Gasteiger partial charge on any atom is 0.259 e. The molecule has 6 nitrogen and oxygen atoms in total. The largest absolute Gasteiger partial charge is 0.376 e. The minimum atomic E-state index is -1.59. The second kappa shape index (κ2) is 12.3. The van der Waals surface area contributed by atoms with E-state index in [2.05, 4.69) is 12.2 Å². The summed E-state index contributed by atoms with van der Waals surface area (Å²) in [5.74, 6) is 0.0536. The highest BCUT2D eigenvalue weighted by Crippen LogP contribution is 2.36. The van der Waals surface area contributed by atoms with Crippen molar-refractivity contribution in [3.8, 4) is 0 Å². The number of fused-ring (bicyclic) bond motifs is 2. The molecular formula is C33H33ClN2O4S. The number of amides is 2. The first-order chi connectivity index (χ1) is 20.0. The number of hydrogen-bond donors (Lipinski definition) is 0. The number of anilines is 1. The maximum absolute atomic E-state index is 14.1. The molecule has 6 rings (SSSR count). The highest BCUT2D eigenvalue weighted by Gasteiger charge is 2.33. The summed E-state index contributed by atoms with van der Waals surface area (Å²) in [6, 6.07) is 19.6. The second-order valence-electron chi connectivity index (χ2n) is 11.0. The molecule has 8 heteroatoms. The number of nitrogens with zero attached hydrogens (tertiary/aromatic N) is 2. The van der Waals surface area contributed by atoms with E-state index in [4.69, 9.17) is 16.3 Å². The molecule has 2 aliphatic heterocycles. The summed E-state index contributed by atoms with van der Waals surface area (Å²) in [6.45, 7) is 2.18. The van der Waals surface area contributed by atoms with Crippen LogP contribution in [0.3, 0.4) is 0 Å². The van der Waals surface area contributed by atoms with E-state index in [1.54, 1.807) is 59.5 Å². The Balaban J connectivity index is 1.38. The molecule has 0 spiro atoms. The third-order valence-electron chi connectivity index (χ3n) is 8.10. The van der Waals surface area contributed by atoms with Crippen molar-refractivity contribution in [2.24, 2.45) is 5.92 Å². The number of carbonyl (C=O) groups is 2. The molecule has 1 fully saturated rings. The molecule has 1 saturated heterocycles. The highest BCUT2D eigenvalue weighted by molar-refractivity contribution is 7.85. The molecule has 1 aliphatic carbocycles. The van der Waals surface area contributed by atoms with Crippen molar-refractivity contribution in [2.75, 3.05) is 24.6 Å². The number of ether oxygens (including phenoxy) is 1. The lowest BCUT2D eigenvalue weighted by atomic mass is 9.93. The van der Waals surface area contributed by atoms with Crippen LogP contribution in [0.1, 0.15) is 58.4 Å². The van der Waals surface area contributed by atoms with Crippen molar-refractivity contribution in [3.63, 3.8) is 0 Å². The molecule has 3 aromatic carbocycles. The smallest absolute Gasteiger partial charge is 0.259 e. The number of carbonyl (C=O) groups excluding carboxylic acids is 2. The summed E-state index contributed by atoms with van der Waals surface area (Å²) in [5.41, 5.74) is 2.24. The summed E-state index contributed by atoms with van der Waals surface area (Å²) >= 11 is 6.12. The van der Waals surface area contributed by atoms with Crippen molar-refractivity contribution < 1.29 is 18.5 Å². The molecule has 41 heavy (non-hydrogen) atoms. The molecule has 2 heterocycles. The van der Waals surface area contributed by atoms with Gasteiger partial charge in [0.2, 0.25) is 0 Å². The summed E-state index contributed by atoms with van der Waals surface area (Å²) in [7, 11) is -1.59. The van der Waals surface area contributed by atoms with Gasteiger partial charge in [-0.1, -0.05) is 48.0 Å². The lowest BCUT2D eigenvalue weighted by molar-refractivity contribution is 0.0483. The zero-order chi connectivity index (χ0) is 28.3. The van der Waals surface area contributed by atoms with Crippen LogP contribution in [-0.2, 0) is 22.1 Å². The van der Waals surface area contributed by atoms with Gasteiger partial charge in [0.25, 0.3) is 11.8 Å². The Labute approximate surface area is 248 Å². The van der Waals surface area contributed by atoms with Crippen LogP contribution in [0.4, 0.5) is 5.69 Å². The molecule has 212 valence electrons. The van der Waals surface area contributed by atoms with Gasteiger partial charge in [0, 0.05) is 30.3 Å². The Kier molecular flexibility index (Phi) is 8.37. The van der Waals surface area contributed by atoms with Crippen LogP contribution in [0.2, 0.25) is 5.02 Å². The van der Waals surface area contributed by atoms with Crippen LogP contribution in [0.5, 0.6) is 0 Å². The Morgan fingerprint density at radius 2 is 1.83 bits per heavy atom. The van der Waals surface area contributed by atoms with Crippen LogP contribution in [0, 0.1) is 5.92 Å². The van der Waals surface area contributed by atoms with E-state index < -0.39 is 10.8 Å². The van der Waals surface area contributed by atoms with Crippen molar-refractivity contribution in [1.82, 2.24) is 4.90 Å². The zero-order valence-corrected chi connectivity index (χ0v) is 24.4. The van der Waals surface area contributed by atoms with Gasteiger partial charge in [-0.2, -0.15) is 0 Å². The van der Waals surface area contributed by atoms with Crippen LogP contribution >= 0.6 is 11.6 Å². The minimum Gasteiger partial charge on any atom is -0.376 e. The molecular weight excluding hydrogens is 556 g/mol. The van der Waals surface area contributed by atoms with Gasteiger partial charge in [0.15, 0.2) is 0 Å². The Morgan fingerprint density at radius 1 is 1.00 bits per heavy atom. The molecule has 3 atom stereocenters. The van der Waals surface area contributed by atoms with Gasteiger partial charge < -0.3 is 14.5 Å². The van der Waals surface area contributed by atoms with E-state index in [-0.39, 0.29) is 24.5 Å². The first-order valence-corrected chi connectivity index (χ1v) is 15.8. The predicted octanol–water partition coefficient (Wildman–Crippen LogP) is 6.64. The molecule has 0 saturated carbocycles. The Bertz CT molecular complexity index is 1500. The molecule has 0 bridgehead atoms. The summed E-state index contributed by atoms with van der Waals surface area (Å²) < 4.78 is 19.7. The first-order valence-electron chi connectivity index (χ1n) is 14.2. The van der Waals surface area contributed by atoms with E-state index in [0.29, 0.717) is 50.6 Å². The fourth-order valence-corrected chi connectivity index (χ4v) is 7.39. The molecule has 0 unspecified atom stereocenters. The van der Waals surface area contributed by atoms with E-state index in [0.717, 1.165) is 44.3 Å². The fraction of sp³-hybridized carbons (Fsp3) is 0.333. The second-order valence-corrected chi connectivity index (χ2v) is 12.8. The van der Waals surface area contributed by atoms with Gasteiger partial charge in [-0.05, 0) is 86.1 Å². The molecule has 0 aromatic heterocycles. The Hall–Kier alpha value is -3.26. The van der Waals surface area contributed by atoms with Crippen LogP contribution in [0.15, 0.2) is 88.7 Å². The molecule has 0 N–H and O–H groups in total. The van der Waals surface area contributed by atoms with Gasteiger partial charge in [0.1, 0.15) is 0 Å². The lowest BCUT2D eigenvalue weighted by Gasteiger charge is -2.31. The first kappa shape index (κ1) is 27.9. The van der Waals surface area contributed by atoms with Crippen LogP contribution < -0.4 is 4.90 Å². The van der Waals surface area contributed by atoms with Crippen molar-refractivity contribution >= 4 is 39.9 Å². The number of benzene rings is 3. The summed E-state index contributed by atoms with van der Waals surface area (Å²) in [5, 5.41) is 0.607.